The Bertz CT molecular complexity index is 400. The molecule has 0 spiro atoms. The summed E-state index contributed by atoms with van der Waals surface area (Å²) in [6.45, 7) is 8.60. The normalized spacial score (nSPS) is 25.6. The highest BCUT2D eigenvalue weighted by Gasteiger charge is 2.35. The summed E-state index contributed by atoms with van der Waals surface area (Å²) in [5.41, 5.74) is 0.980. The fraction of sp³-hybridized carbons (Fsp3) is 0.769. The van der Waals surface area contributed by atoms with Gasteiger partial charge in [0, 0.05) is 37.6 Å². The molecule has 0 amide bonds. The molecule has 0 bridgehead atoms. The molecule has 1 aliphatic rings. The minimum absolute atomic E-state index is 0.151. The van der Waals surface area contributed by atoms with Crippen molar-refractivity contribution >= 4 is 11.3 Å². The van der Waals surface area contributed by atoms with Gasteiger partial charge in [-0.2, -0.15) is 0 Å². The number of nitrogens with zero attached hydrogens (tertiary/aromatic N) is 1. The van der Waals surface area contributed by atoms with Crippen LogP contribution in [0.3, 0.4) is 0 Å². The maximum absolute atomic E-state index is 5.62. The van der Waals surface area contributed by atoms with Gasteiger partial charge in [-0.05, 0) is 20.8 Å². The number of methoxy groups -OCH3 is 1. The van der Waals surface area contributed by atoms with E-state index >= 15 is 0 Å². The summed E-state index contributed by atoms with van der Waals surface area (Å²) in [7, 11) is 1.77. The highest BCUT2D eigenvalue weighted by Crippen LogP contribution is 2.26. The van der Waals surface area contributed by atoms with Gasteiger partial charge in [-0.1, -0.05) is 0 Å². The number of hydrogen-bond donors (Lipinski definition) is 1. The number of ether oxygens (including phenoxy) is 2. The van der Waals surface area contributed by atoms with Crippen LogP contribution in [0.15, 0.2) is 0 Å². The van der Waals surface area contributed by atoms with Gasteiger partial charge in [0.2, 0.25) is 0 Å². The molecule has 1 N–H and O–H groups in total. The highest BCUT2D eigenvalue weighted by molar-refractivity contribution is 7.11. The first-order valence-corrected chi connectivity index (χ1v) is 7.18. The minimum atomic E-state index is -0.151. The van der Waals surface area contributed by atoms with Crippen LogP contribution in [0.4, 0.5) is 0 Å². The molecule has 1 fully saturated rings. The fourth-order valence-corrected chi connectivity index (χ4v) is 3.30. The van der Waals surface area contributed by atoms with Crippen LogP contribution >= 0.6 is 11.3 Å². The zero-order valence-electron chi connectivity index (χ0n) is 11.6. The molecule has 0 aromatic carbocycles. The summed E-state index contributed by atoms with van der Waals surface area (Å²) < 4.78 is 11.1. The highest BCUT2D eigenvalue weighted by atomic mass is 32.1. The van der Waals surface area contributed by atoms with E-state index in [4.69, 9.17) is 9.47 Å². The summed E-state index contributed by atoms with van der Waals surface area (Å²) in [5.74, 6) is 0. The molecule has 1 saturated heterocycles. The summed E-state index contributed by atoms with van der Waals surface area (Å²) in [6.07, 6.45) is 0.962. The lowest BCUT2D eigenvalue weighted by molar-refractivity contribution is -0.0171. The van der Waals surface area contributed by atoms with Crippen LogP contribution in [-0.4, -0.2) is 37.5 Å². The van der Waals surface area contributed by atoms with Crippen molar-refractivity contribution in [3.63, 3.8) is 0 Å². The van der Waals surface area contributed by atoms with E-state index in [1.807, 2.05) is 0 Å². The van der Waals surface area contributed by atoms with Crippen LogP contribution in [0.25, 0.3) is 0 Å². The lowest BCUT2D eigenvalue weighted by atomic mass is 10.0. The Balaban J connectivity index is 1.95. The molecule has 1 aromatic heterocycles. The van der Waals surface area contributed by atoms with Gasteiger partial charge in [0.25, 0.3) is 0 Å². The molecule has 0 aliphatic carbocycles. The average molecular weight is 270 g/mol. The van der Waals surface area contributed by atoms with Crippen LogP contribution in [0.5, 0.6) is 0 Å². The molecule has 102 valence electrons. The topological polar surface area (TPSA) is 43.4 Å². The first kappa shape index (κ1) is 13.9. The number of hydrogen-bond acceptors (Lipinski definition) is 5. The lowest BCUT2D eigenvalue weighted by Gasteiger charge is -2.27. The summed E-state index contributed by atoms with van der Waals surface area (Å²) >= 11 is 1.77. The molecule has 2 unspecified atom stereocenters. The summed E-state index contributed by atoms with van der Waals surface area (Å²) in [6, 6.07) is 0.309. The monoisotopic (exact) mass is 270 g/mol. The number of aromatic nitrogens is 1. The van der Waals surface area contributed by atoms with E-state index in [0.717, 1.165) is 30.3 Å². The van der Waals surface area contributed by atoms with Crippen molar-refractivity contribution < 1.29 is 9.47 Å². The van der Waals surface area contributed by atoms with Gasteiger partial charge in [0.05, 0.1) is 17.3 Å². The summed E-state index contributed by atoms with van der Waals surface area (Å²) in [4.78, 5) is 5.79. The number of nitrogens with one attached hydrogen (secondary N) is 1. The Morgan fingerprint density at radius 1 is 1.56 bits per heavy atom. The third-order valence-corrected chi connectivity index (χ3v) is 4.82. The Hall–Kier alpha value is -0.490. The largest absolute Gasteiger partial charge is 0.378 e. The third kappa shape index (κ3) is 2.91. The van der Waals surface area contributed by atoms with E-state index in [0.29, 0.717) is 12.6 Å². The van der Waals surface area contributed by atoms with Gasteiger partial charge >= 0.3 is 0 Å². The van der Waals surface area contributed by atoms with Gasteiger partial charge in [-0.3, -0.25) is 0 Å². The van der Waals surface area contributed by atoms with Crippen molar-refractivity contribution in [2.75, 3.05) is 26.9 Å². The van der Waals surface area contributed by atoms with E-state index in [9.17, 15) is 0 Å². The van der Waals surface area contributed by atoms with Gasteiger partial charge in [-0.25, -0.2) is 4.98 Å². The predicted molar refractivity (Wildman–Crippen MR) is 73.2 cm³/mol. The lowest BCUT2D eigenvalue weighted by Crippen LogP contribution is -2.43. The second-order valence-corrected chi connectivity index (χ2v) is 6.21. The van der Waals surface area contributed by atoms with Crippen LogP contribution in [0.2, 0.25) is 0 Å². The van der Waals surface area contributed by atoms with E-state index < -0.39 is 0 Å². The average Bonchev–Trinajstić information content (AvgIpc) is 2.94. The zero-order chi connectivity index (χ0) is 13.2. The first-order chi connectivity index (χ1) is 8.56. The van der Waals surface area contributed by atoms with Gasteiger partial charge in [0.1, 0.15) is 5.60 Å². The smallest absolute Gasteiger partial charge is 0.106 e. The molecule has 2 heterocycles. The maximum atomic E-state index is 5.62. The van der Waals surface area contributed by atoms with E-state index in [1.165, 1.54) is 4.88 Å². The molecule has 18 heavy (non-hydrogen) atoms. The number of aryl methyl sites for hydroxylation is 2. The molecule has 2 rings (SSSR count). The van der Waals surface area contributed by atoms with Crippen molar-refractivity contribution in [3.8, 4) is 0 Å². The van der Waals surface area contributed by atoms with E-state index in [1.54, 1.807) is 18.4 Å². The fourth-order valence-electron chi connectivity index (χ4n) is 2.34. The third-order valence-electron chi connectivity index (χ3n) is 3.56. The second kappa shape index (κ2) is 5.65. The summed E-state index contributed by atoms with van der Waals surface area (Å²) in [5, 5.41) is 4.68. The van der Waals surface area contributed by atoms with Crippen molar-refractivity contribution in [1.82, 2.24) is 10.3 Å². The van der Waals surface area contributed by atoms with Crippen molar-refractivity contribution in [2.24, 2.45) is 0 Å². The number of thiazole rings is 1. The number of rotatable bonds is 5. The molecular formula is C13H22N2O2S. The van der Waals surface area contributed by atoms with Gasteiger partial charge in [0.15, 0.2) is 0 Å². The Labute approximate surface area is 113 Å². The van der Waals surface area contributed by atoms with Crippen molar-refractivity contribution in [3.05, 3.63) is 15.6 Å². The molecule has 0 saturated carbocycles. The van der Waals surface area contributed by atoms with Crippen molar-refractivity contribution in [2.45, 2.75) is 38.8 Å². The van der Waals surface area contributed by atoms with E-state index in [-0.39, 0.29) is 5.60 Å². The molecule has 1 aromatic rings. The molecule has 1 aliphatic heterocycles. The SMILES string of the molecule is COC1(CNC(C)c2sc(C)nc2C)CCOC1. The molecule has 0 radical (unpaired) electrons. The van der Waals surface area contributed by atoms with Crippen LogP contribution in [-0.2, 0) is 9.47 Å². The van der Waals surface area contributed by atoms with Crippen molar-refractivity contribution in [1.29, 1.82) is 0 Å². The molecule has 2 atom stereocenters. The van der Waals surface area contributed by atoms with Gasteiger partial charge in [-0.15, -0.1) is 11.3 Å². The van der Waals surface area contributed by atoms with E-state index in [2.05, 4.69) is 31.1 Å². The van der Waals surface area contributed by atoms with Crippen LogP contribution < -0.4 is 5.32 Å². The van der Waals surface area contributed by atoms with Gasteiger partial charge < -0.3 is 14.8 Å². The molecular weight excluding hydrogens is 248 g/mol. The molecule has 4 nitrogen and oxygen atoms in total. The Morgan fingerprint density at radius 3 is 2.83 bits per heavy atom. The Morgan fingerprint density at radius 2 is 2.33 bits per heavy atom. The quantitative estimate of drug-likeness (QED) is 0.891. The Kier molecular flexibility index (Phi) is 4.37. The maximum Gasteiger partial charge on any atom is 0.106 e. The van der Waals surface area contributed by atoms with Crippen LogP contribution in [0.1, 0.15) is 35.0 Å². The van der Waals surface area contributed by atoms with Crippen LogP contribution in [0, 0.1) is 13.8 Å². The zero-order valence-corrected chi connectivity index (χ0v) is 12.4. The second-order valence-electron chi connectivity index (χ2n) is 4.97. The standard InChI is InChI=1S/C13H22N2O2S/c1-9(12-10(2)15-11(3)18-12)14-7-13(16-4)5-6-17-8-13/h9,14H,5-8H2,1-4H3. The predicted octanol–water partition coefficient (Wildman–Crippen LogP) is 2.22. The first-order valence-electron chi connectivity index (χ1n) is 6.36. The minimum Gasteiger partial charge on any atom is -0.378 e. The molecule has 5 heteroatoms.